The van der Waals surface area contributed by atoms with Crippen LogP contribution in [0.15, 0.2) is 0 Å². The van der Waals surface area contributed by atoms with Gasteiger partial charge in [0.05, 0.1) is 12.4 Å². The number of nitrogens with zero attached hydrogens (tertiary/aromatic N) is 1. The lowest BCUT2D eigenvalue weighted by Gasteiger charge is -2.22. The number of ether oxygens (including phenoxy) is 1. The van der Waals surface area contributed by atoms with Gasteiger partial charge in [-0.15, -0.1) is 0 Å². The molecule has 0 amide bonds. The zero-order valence-corrected chi connectivity index (χ0v) is 11.7. The first-order valence-corrected chi connectivity index (χ1v) is 7.56. The van der Waals surface area contributed by atoms with Gasteiger partial charge in [0, 0.05) is 19.3 Å². The highest BCUT2D eigenvalue weighted by molar-refractivity contribution is 7.90. The largest absolute Gasteiger partial charge is 0.465 e. The van der Waals surface area contributed by atoms with Gasteiger partial charge in [-0.3, -0.25) is 4.79 Å². The fourth-order valence-corrected chi connectivity index (χ4v) is 1.89. The van der Waals surface area contributed by atoms with Crippen molar-refractivity contribution in [3.05, 3.63) is 0 Å². The number of rotatable bonds is 8. The van der Waals surface area contributed by atoms with E-state index in [4.69, 9.17) is 4.74 Å². The monoisotopic (exact) mass is 266 g/mol. The average Bonchev–Trinajstić information content (AvgIpc) is 2.22. The summed E-state index contributed by atoms with van der Waals surface area (Å²) in [5, 5.41) is 2.85. The Kier molecular flexibility index (Phi) is 7.33. The Bertz CT molecular complexity index is 329. The maximum absolute atomic E-state index is 11.5. The molecule has 0 saturated carbocycles. The summed E-state index contributed by atoms with van der Waals surface area (Å²) in [6.07, 6.45) is 1.20. The molecule has 0 radical (unpaired) electrons. The fraction of sp³-hybridized carbons (Fsp3) is 0.900. The minimum Gasteiger partial charge on any atom is -0.465 e. The molecule has 0 spiro atoms. The van der Waals surface area contributed by atoms with Gasteiger partial charge in [-0.2, -0.15) is 0 Å². The maximum Gasteiger partial charge on any atom is 0.324 e. The predicted molar refractivity (Wildman–Crippen MR) is 66.7 cm³/mol. The van der Waals surface area contributed by atoms with Gasteiger partial charge in [0.1, 0.15) is 15.9 Å². The highest BCUT2D eigenvalue weighted by Crippen LogP contribution is 1.94. The molecule has 7 heteroatoms. The number of carbonyl (C=O) groups excluding carboxylic acids is 1. The van der Waals surface area contributed by atoms with Crippen molar-refractivity contribution in [2.45, 2.75) is 13.0 Å². The van der Waals surface area contributed by atoms with E-state index in [1.807, 2.05) is 0 Å². The first-order valence-electron chi connectivity index (χ1n) is 5.50. The summed E-state index contributed by atoms with van der Waals surface area (Å²) in [5.74, 6) is -0.232. The first-order chi connectivity index (χ1) is 7.80. The Morgan fingerprint density at radius 3 is 2.47 bits per heavy atom. The molecule has 0 bridgehead atoms. The van der Waals surface area contributed by atoms with Crippen LogP contribution in [0.4, 0.5) is 0 Å². The lowest BCUT2D eigenvalue weighted by molar-refractivity contribution is -0.145. The predicted octanol–water partition coefficient (Wildman–Crippen LogP) is -0.886. The summed E-state index contributed by atoms with van der Waals surface area (Å²) in [5.41, 5.74) is 0. The average molecular weight is 266 g/mol. The van der Waals surface area contributed by atoms with Crippen LogP contribution >= 0.6 is 0 Å². The van der Waals surface area contributed by atoms with Crippen LogP contribution in [0.5, 0.6) is 0 Å². The molecule has 1 atom stereocenters. The number of hydrogen-bond donors (Lipinski definition) is 1. The molecule has 0 aromatic rings. The van der Waals surface area contributed by atoms with Gasteiger partial charge in [0.25, 0.3) is 0 Å². The molecule has 0 aromatic carbocycles. The summed E-state index contributed by atoms with van der Waals surface area (Å²) in [7, 11) is 0.475. The molecule has 0 aliphatic carbocycles. The van der Waals surface area contributed by atoms with E-state index in [9.17, 15) is 13.2 Å². The van der Waals surface area contributed by atoms with Crippen LogP contribution in [0.2, 0.25) is 0 Å². The van der Waals surface area contributed by atoms with Gasteiger partial charge < -0.3 is 15.0 Å². The number of hydrogen-bond acceptors (Lipinski definition) is 6. The van der Waals surface area contributed by atoms with E-state index in [1.165, 1.54) is 6.26 Å². The van der Waals surface area contributed by atoms with E-state index < -0.39 is 15.9 Å². The molecule has 1 unspecified atom stereocenters. The molecule has 1 N–H and O–H groups in total. The molecule has 17 heavy (non-hydrogen) atoms. The zero-order valence-electron chi connectivity index (χ0n) is 10.9. The van der Waals surface area contributed by atoms with Crippen LogP contribution < -0.4 is 5.32 Å². The summed E-state index contributed by atoms with van der Waals surface area (Å²) >= 11 is 0. The summed E-state index contributed by atoms with van der Waals surface area (Å²) < 4.78 is 26.9. The number of likely N-dealkylation sites (N-methyl/N-ethyl adjacent to an activating group) is 2. The van der Waals surface area contributed by atoms with Crippen molar-refractivity contribution in [2.24, 2.45) is 0 Å². The number of carbonyl (C=O) groups is 1. The zero-order chi connectivity index (χ0) is 13.5. The summed E-state index contributed by atoms with van der Waals surface area (Å²) in [6.45, 7) is 2.91. The molecular formula is C10H22N2O4S. The molecule has 0 rings (SSSR count). The Morgan fingerprint density at radius 1 is 1.47 bits per heavy atom. The molecule has 0 aromatic heterocycles. The number of sulfone groups is 1. The topological polar surface area (TPSA) is 75.7 Å². The number of nitrogens with one attached hydrogen (secondary N) is 1. The van der Waals surface area contributed by atoms with E-state index in [0.717, 1.165) is 0 Å². The minimum absolute atomic E-state index is 0.0861. The van der Waals surface area contributed by atoms with Gasteiger partial charge in [-0.25, -0.2) is 8.42 Å². The molecule has 6 nitrogen and oxygen atoms in total. The van der Waals surface area contributed by atoms with Crippen LogP contribution in [0.3, 0.4) is 0 Å². The van der Waals surface area contributed by atoms with Gasteiger partial charge in [0.15, 0.2) is 0 Å². The van der Waals surface area contributed by atoms with E-state index in [2.05, 4.69) is 5.32 Å². The van der Waals surface area contributed by atoms with E-state index in [1.54, 1.807) is 25.9 Å². The second-order valence-electron chi connectivity index (χ2n) is 3.99. The SMILES string of the molecule is CCOC(=O)C(CN(C)CCS(C)(=O)=O)NC. The van der Waals surface area contributed by atoms with E-state index >= 15 is 0 Å². The van der Waals surface area contributed by atoms with Crippen molar-refractivity contribution in [3.8, 4) is 0 Å². The van der Waals surface area contributed by atoms with Crippen LogP contribution in [0.25, 0.3) is 0 Å². The van der Waals surface area contributed by atoms with Gasteiger partial charge in [-0.1, -0.05) is 0 Å². The smallest absolute Gasteiger partial charge is 0.324 e. The third-order valence-corrected chi connectivity index (χ3v) is 3.18. The second-order valence-corrected chi connectivity index (χ2v) is 6.25. The van der Waals surface area contributed by atoms with Crippen molar-refractivity contribution in [1.29, 1.82) is 0 Å². The minimum atomic E-state index is -2.97. The fourth-order valence-electron chi connectivity index (χ4n) is 1.25. The van der Waals surface area contributed by atoms with Crippen molar-refractivity contribution < 1.29 is 17.9 Å². The summed E-state index contributed by atoms with van der Waals surface area (Å²) in [6, 6.07) is -0.431. The quantitative estimate of drug-likeness (QED) is 0.575. The second kappa shape index (κ2) is 7.62. The molecule has 0 fully saturated rings. The normalized spacial score (nSPS) is 13.7. The Hall–Kier alpha value is -0.660. The lowest BCUT2D eigenvalue weighted by atomic mass is 10.3. The Labute approximate surface area is 103 Å². The van der Waals surface area contributed by atoms with Crippen LogP contribution in [-0.2, 0) is 19.4 Å². The van der Waals surface area contributed by atoms with Gasteiger partial charge in [0.2, 0.25) is 0 Å². The Morgan fingerprint density at radius 2 is 2.06 bits per heavy atom. The lowest BCUT2D eigenvalue weighted by Crippen LogP contribution is -2.45. The Balaban J connectivity index is 4.15. The third kappa shape index (κ3) is 8.12. The van der Waals surface area contributed by atoms with Crippen molar-refractivity contribution in [1.82, 2.24) is 10.2 Å². The summed E-state index contributed by atoms with van der Waals surface area (Å²) in [4.78, 5) is 13.3. The van der Waals surface area contributed by atoms with Crippen LogP contribution in [-0.4, -0.2) is 71.1 Å². The maximum atomic E-state index is 11.5. The van der Waals surface area contributed by atoms with Crippen molar-refractivity contribution >= 4 is 15.8 Å². The standard InChI is InChI=1S/C10H22N2O4S/c1-5-16-10(13)9(11-2)8-12(3)6-7-17(4,14)15/h9,11H,5-8H2,1-4H3. The third-order valence-electron chi connectivity index (χ3n) is 2.26. The van der Waals surface area contributed by atoms with Crippen LogP contribution in [0.1, 0.15) is 6.92 Å². The molecule has 0 saturated heterocycles. The van der Waals surface area contributed by atoms with E-state index in [-0.39, 0.29) is 11.7 Å². The highest BCUT2D eigenvalue weighted by atomic mass is 32.2. The van der Waals surface area contributed by atoms with E-state index in [0.29, 0.717) is 19.7 Å². The van der Waals surface area contributed by atoms with Gasteiger partial charge in [-0.05, 0) is 21.0 Å². The van der Waals surface area contributed by atoms with Gasteiger partial charge >= 0.3 is 5.97 Å². The molecule has 0 aliphatic heterocycles. The highest BCUT2D eigenvalue weighted by Gasteiger charge is 2.19. The van der Waals surface area contributed by atoms with Crippen LogP contribution in [0, 0.1) is 0 Å². The first kappa shape index (κ1) is 16.3. The number of esters is 1. The van der Waals surface area contributed by atoms with Crippen molar-refractivity contribution in [3.63, 3.8) is 0 Å². The molecule has 102 valence electrons. The molecular weight excluding hydrogens is 244 g/mol. The molecule has 0 heterocycles. The van der Waals surface area contributed by atoms with Crippen molar-refractivity contribution in [2.75, 3.05) is 45.8 Å². The molecule has 0 aliphatic rings.